The molecule has 5 aromatic rings. The number of thiazole rings is 1. The fourth-order valence-electron chi connectivity index (χ4n) is 5.39. The number of carbonyl (C=O) groups excluding carboxylic acids is 1. The van der Waals surface area contributed by atoms with E-state index in [0.717, 1.165) is 14.7 Å². The summed E-state index contributed by atoms with van der Waals surface area (Å²) in [5, 5.41) is 0. The topological polar surface area (TPSA) is 88.4 Å². The molecule has 1 aromatic heterocycles. The van der Waals surface area contributed by atoms with Crippen molar-refractivity contribution in [3.8, 4) is 17.2 Å². The molecule has 0 amide bonds. The standard InChI is InChI=1S/C37H30FIN2O6S/c1-4-46-36(43)31-32(24-8-6-5-7-9-24)40-37-41(33(31)25-12-16-27(44-2)17-13-25)35(42)30(48-37)20-23-18-28(39)34(29(19-23)45-3)47-21-22-10-14-26(38)15-11-22/h5-20,33H,4,21H2,1-3H3/b30-20-/t33-/m0/s1. The van der Waals surface area contributed by atoms with Crippen molar-refractivity contribution in [3.05, 3.63) is 148 Å². The van der Waals surface area contributed by atoms with Crippen molar-refractivity contribution < 1.29 is 28.1 Å². The summed E-state index contributed by atoms with van der Waals surface area (Å²) < 4.78 is 38.7. The number of esters is 1. The Bertz CT molecular complexity index is 2180. The van der Waals surface area contributed by atoms with Crippen LogP contribution in [0.3, 0.4) is 0 Å². The minimum absolute atomic E-state index is 0.161. The molecule has 8 nitrogen and oxygen atoms in total. The number of rotatable bonds is 10. The van der Waals surface area contributed by atoms with Gasteiger partial charge in [-0.1, -0.05) is 65.9 Å². The van der Waals surface area contributed by atoms with Crippen LogP contribution in [0.4, 0.5) is 4.39 Å². The molecule has 1 atom stereocenters. The predicted molar refractivity (Wildman–Crippen MR) is 190 cm³/mol. The van der Waals surface area contributed by atoms with Gasteiger partial charge in [0.1, 0.15) is 18.2 Å². The van der Waals surface area contributed by atoms with Gasteiger partial charge in [-0.25, -0.2) is 14.2 Å². The third kappa shape index (κ3) is 6.78. The van der Waals surface area contributed by atoms with E-state index in [0.29, 0.717) is 43.4 Å². The van der Waals surface area contributed by atoms with Gasteiger partial charge in [-0.2, -0.15) is 0 Å². The number of methoxy groups -OCH3 is 2. The number of halogens is 2. The third-order valence-corrected chi connectivity index (χ3v) is 9.44. The summed E-state index contributed by atoms with van der Waals surface area (Å²) in [5.41, 5.74) is 3.36. The molecular formula is C37H30FIN2O6S. The number of fused-ring (bicyclic) bond motifs is 1. The molecule has 1 aliphatic heterocycles. The maximum atomic E-state index is 14.3. The van der Waals surface area contributed by atoms with E-state index in [4.69, 9.17) is 23.9 Å². The molecular weight excluding hydrogens is 746 g/mol. The quantitative estimate of drug-likeness (QED) is 0.123. The van der Waals surface area contributed by atoms with Gasteiger partial charge in [-0.3, -0.25) is 9.36 Å². The lowest BCUT2D eigenvalue weighted by Crippen LogP contribution is -2.40. The van der Waals surface area contributed by atoms with Crippen molar-refractivity contribution >= 4 is 51.7 Å². The minimum Gasteiger partial charge on any atom is -0.497 e. The van der Waals surface area contributed by atoms with Crippen LogP contribution in [0.2, 0.25) is 0 Å². The minimum atomic E-state index is -0.805. The van der Waals surface area contributed by atoms with Gasteiger partial charge >= 0.3 is 5.97 Å². The Morgan fingerprint density at radius 1 is 1.00 bits per heavy atom. The average molecular weight is 777 g/mol. The summed E-state index contributed by atoms with van der Waals surface area (Å²) in [6, 6.07) is 25.7. The molecule has 0 spiro atoms. The first-order valence-corrected chi connectivity index (χ1v) is 16.9. The summed E-state index contributed by atoms with van der Waals surface area (Å²) in [6.07, 6.45) is 1.78. The Morgan fingerprint density at radius 3 is 2.40 bits per heavy atom. The number of hydrogen-bond donors (Lipinski definition) is 0. The zero-order valence-corrected chi connectivity index (χ0v) is 29.2. The van der Waals surface area contributed by atoms with Crippen LogP contribution in [-0.2, 0) is 16.1 Å². The van der Waals surface area contributed by atoms with Crippen LogP contribution in [-0.4, -0.2) is 31.4 Å². The Labute approximate surface area is 293 Å². The van der Waals surface area contributed by atoms with Gasteiger partial charge in [0.15, 0.2) is 16.3 Å². The molecule has 0 fully saturated rings. The summed E-state index contributed by atoms with van der Waals surface area (Å²) >= 11 is 3.40. The average Bonchev–Trinajstić information content (AvgIpc) is 3.41. The summed E-state index contributed by atoms with van der Waals surface area (Å²) in [6.45, 7) is 2.13. The fraction of sp³-hybridized carbons (Fsp3) is 0.162. The molecule has 6 rings (SSSR count). The first-order valence-electron chi connectivity index (χ1n) is 15.0. The predicted octanol–water partition coefficient (Wildman–Crippen LogP) is 6.28. The van der Waals surface area contributed by atoms with E-state index in [1.807, 2.05) is 48.5 Å². The summed E-state index contributed by atoms with van der Waals surface area (Å²) in [7, 11) is 3.13. The largest absolute Gasteiger partial charge is 0.497 e. The lowest BCUT2D eigenvalue weighted by molar-refractivity contribution is -0.138. The van der Waals surface area contributed by atoms with Crippen LogP contribution in [0, 0.1) is 9.39 Å². The molecule has 0 unspecified atom stereocenters. The molecule has 0 aliphatic carbocycles. The van der Waals surface area contributed by atoms with Crippen molar-refractivity contribution in [2.75, 3.05) is 20.8 Å². The Hall–Kier alpha value is -4.75. The van der Waals surface area contributed by atoms with Crippen LogP contribution in [0.5, 0.6) is 17.2 Å². The van der Waals surface area contributed by atoms with E-state index < -0.39 is 12.0 Å². The zero-order chi connectivity index (χ0) is 33.8. The molecule has 4 aromatic carbocycles. The number of nitrogens with zero attached hydrogens (tertiary/aromatic N) is 2. The van der Waals surface area contributed by atoms with Crippen LogP contribution >= 0.6 is 33.9 Å². The van der Waals surface area contributed by atoms with Gasteiger partial charge in [0, 0.05) is 5.56 Å². The highest BCUT2D eigenvalue weighted by molar-refractivity contribution is 14.1. The molecule has 0 N–H and O–H groups in total. The lowest BCUT2D eigenvalue weighted by atomic mass is 9.93. The molecule has 1 aliphatic rings. The second-order valence-electron chi connectivity index (χ2n) is 10.7. The second kappa shape index (κ2) is 14.6. The highest BCUT2D eigenvalue weighted by atomic mass is 127. The van der Waals surface area contributed by atoms with E-state index in [1.54, 1.807) is 62.1 Å². The van der Waals surface area contributed by atoms with Crippen molar-refractivity contribution in [3.63, 3.8) is 0 Å². The van der Waals surface area contributed by atoms with Crippen LogP contribution in [0.25, 0.3) is 11.8 Å². The SMILES string of the molecule is CCOC(=O)C1=C(c2ccccc2)N=c2s/c(=C\c3cc(I)c(OCc4ccc(F)cc4)c(OC)c3)c(=O)n2[C@H]1c1ccc(OC)cc1. The maximum absolute atomic E-state index is 14.3. The lowest BCUT2D eigenvalue weighted by Gasteiger charge is -2.26. The van der Waals surface area contributed by atoms with Gasteiger partial charge in [0.25, 0.3) is 5.56 Å². The number of ether oxygens (including phenoxy) is 4. The first kappa shape index (κ1) is 33.2. The molecule has 11 heteroatoms. The normalized spacial score (nSPS) is 14.3. The van der Waals surface area contributed by atoms with Crippen LogP contribution in [0.15, 0.2) is 106 Å². The Balaban J connectivity index is 1.49. The molecule has 0 bridgehead atoms. The summed E-state index contributed by atoms with van der Waals surface area (Å²) in [5.74, 6) is 0.793. The van der Waals surface area contributed by atoms with Crippen LogP contribution in [0.1, 0.15) is 35.2 Å². The number of carbonyl (C=O) groups is 1. The van der Waals surface area contributed by atoms with Crippen molar-refractivity contribution in [1.29, 1.82) is 0 Å². The van der Waals surface area contributed by atoms with Crippen molar-refractivity contribution in [2.45, 2.75) is 19.6 Å². The fourth-order valence-corrected chi connectivity index (χ4v) is 7.17. The molecule has 244 valence electrons. The third-order valence-electron chi connectivity index (χ3n) is 7.65. The van der Waals surface area contributed by atoms with Gasteiger partial charge in [0.2, 0.25) is 0 Å². The molecule has 48 heavy (non-hydrogen) atoms. The Kier molecular flexibility index (Phi) is 10.1. The molecule has 0 saturated carbocycles. The Morgan fingerprint density at radius 2 is 1.73 bits per heavy atom. The molecule has 2 heterocycles. The highest BCUT2D eigenvalue weighted by Gasteiger charge is 2.35. The van der Waals surface area contributed by atoms with Crippen molar-refractivity contribution in [1.82, 2.24) is 4.57 Å². The van der Waals surface area contributed by atoms with Gasteiger partial charge in [-0.15, -0.1) is 0 Å². The number of aromatic nitrogens is 1. The van der Waals surface area contributed by atoms with E-state index in [2.05, 4.69) is 22.6 Å². The van der Waals surface area contributed by atoms with Crippen molar-refractivity contribution in [2.24, 2.45) is 4.99 Å². The first-order chi connectivity index (χ1) is 23.3. The smallest absolute Gasteiger partial charge is 0.338 e. The number of hydrogen-bond acceptors (Lipinski definition) is 8. The second-order valence-corrected chi connectivity index (χ2v) is 12.8. The van der Waals surface area contributed by atoms with E-state index in [1.165, 1.54) is 23.5 Å². The summed E-state index contributed by atoms with van der Waals surface area (Å²) in [4.78, 5) is 33.3. The molecule has 0 saturated heterocycles. The van der Waals surface area contributed by atoms with E-state index in [-0.39, 0.29) is 30.2 Å². The van der Waals surface area contributed by atoms with Gasteiger partial charge in [0.05, 0.1) is 46.2 Å². The monoisotopic (exact) mass is 776 g/mol. The van der Waals surface area contributed by atoms with Gasteiger partial charge < -0.3 is 18.9 Å². The highest BCUT2D eigenvalue weighted by Crippen LogP contribution is 2.37. The van der Waals surface area contributed by atoms with E-state index >= 15 is 0 Å². The van der Waals surface area contributed by atoms with E-state index in [9.17, 15) is 14.0 Å². The number of benzene rings is 4. The maximum Gasteiger partial charge on any atom is 0.338 e. The van der Waals surface area contributed by atoms with Crippen LogP contribution < -0.4 is 29.1 Å². The molecule has 0 radical (unpaired) electrons. The zero-order valence-electron chi connectivity index (χ0n) is 26.2. The van der Waals surface area contributed by atoms with Gasteiger partial charge in [-0.05, 0) is 88.7 Å².